The number of nitrogens with two attached hydrogens (primary N) is 1. The van der Waals surface area contributed by atoms with Crippen LogP contribution in [0.3, 0.4) is 0 Å². The minimum atomic E-state index is 0.436. The highest BCUT2D eigenvalue weighted by molar-refractivity contribution is 5.82. The van der Waals surface area contributed by atoms with Gasteiger partial charge in [0.2, 0.25) is 0 Å². The molecule has 0 spiro atoms. The zero-order chi connectivity index (χ0) is 14.2. The minimum Gasteiger partial charge on any atom is -0.327 e. The molecule has 2 aromatic carbocycles. The van der Waals surface area contributed by atoms with E-state index in [1.807, 2.05) is 0 Å². The van der Waals surface area contributed by atoms with Crippen molar-refractivity contribution in [2.75, 3.05) is 13.1 Å². The normalized spacial score (nSPS) is 29.7. The van der Waals surface area contributed by atoms with E-state index in [0.29, 0.717) is 6.04 Å². The van der Waals surface area contributed by atoms with Gasteiger partial charge in [-0.15, -0.1) is 0 Å². The summed E-state index contributed by atoms with van der Waals surface area (Å²) >= 11 is 0. The van der Waals surface area contributed by atoms with Gasteiger partial charge in [-0.2, -0.15) is 0 Å². The SMILES string of the molecule is NC1CCCC2CN(Cc3ccc4ccccc4c3)CC12. The van der Waals surface area contributed by atoms with Gasteiger partial charge in [-0.3, -0.25) is 4.90 Å². The molecule has 3 atom stereocenters. The number of hydrogen-bond donors (Lipinski definition) is 1. The molecular weight excluding hydrogens is 256 g/mol. The first-order valence-electron chi connectivity index (χ1n) is 8.25. The zero-order valence-electron chi connectivity index (χ0n) is 12.5. The Morgan fingerprint density at radius 1 is 1.00 bits per heavy atom. The lowest BCUT2D eigenvalue weighted by atomic mass is 9.78. The van der Waals surface area contributed by atoms with Crippen LogP contribution in [-0.2, 0) is 6.54 Å². The second-order valence-electron chi connectivity index (χ2n) is 6.89. The molecule has 2 aromatic rings. The number of benzene rings is 2. The molecule has 3 unspecified atom stereocenters. The highest BCUT2D eigenvalue weighted by Crippen LogP contribution is 2.36. The van der Waals surface area contributed by atoms with Crippen LogP contribution in [0.15, 0.2) is 42.5 Å². The monoisotopic (exact) mass is 280 g/mol. The lowest BCUT2D eigenvalue weighted by molar-refractivity contribution is 0.259. The van der Waals surface area contributed by atoms with Crippen LogP contribution in [0.1, 0.15) is 24.8 Å². The molecule has 0 amide bonds. The van der Waals surface area contributed by atoms with E-state index < -0.39 is 0 Å². The standard InChI is InChI=1S/C19H24N2/c20-19-7-3-6-17-12-21(13-18(17)19)11-14-8-9-15-4-1-2-5-16(15)10-14/h1-2,4-5,8-10,17-19H,3,6-7,11-13,20H2. The molecule has 0 bridgehead atoms. The summed E-state index contributed by atoms with van der Waals surface area (Å²) in [5.74, 6) is 1.58. The van der Waals surface area contributed by atoms with Crippen molar-refractivity contribution >= 4 is 10.8 Å². The average Bonchev–Trinajstić information content (AvgIpc) is 2.91. The fraction of sp³-hybridized carbons (Fsp3) is 0.474. The van der Waals surface area contributed by atoms with Gasteiger partial charge < -0.3 is 5.73 Å². The summed E-state index contributed by atoms with van der Waals surface area (Å²) in [6.07, 6.45) is 3.93. The summed E-state index contributed by atoms with van der Waals surface area (Å²) in [6.45, 7) is 3.51. The van der Waals surface area contributed by atoms with Crippen molar-refractivity contribution in [1.82, 2.24) is 4.90 Å². The van der Waals surface area contributed by atoms with E-state index in [2.05, 4.69) is 47.4 Å². The molecule has 2 heteroatoms. The summed E-state index contributed by atoms with van der Waals surface area (Å²) < 4.78 is 0. The number of likely N-dealkylation sites (tertiary alicyclic amines) is 1. The molecule has 2 aliphatic rings. The van der Waals surface area contributed by atoms with Gasteiger partial charge in [0.1, 0.15) is 0 Å². The molecule has 0 radical (unpaired) electrons. The molecule has 110 valence electrons. The van der Waals surface area contributed by atoms with Crippen LogP contribution in [-0.4, -0.2) is 24.0 Å². The fourth-order valence-corrected chi connectivity index (χ4v) is 4.33. The number of hydrogen-bond acceptors (Lipinski definition) is 2. The molecule has 4 rings (SSSR count). The van der Waals surface area contributed by atoms with E-state index in [4.69, 9.17) is 5.73 Å². The number of fused-ring (bicyclic) bond motifs is 2. The maximum absolute atomic E-state index is 6.32. The van der Waals surface area contributed by atoms with E-state index >= 15 is 0 Å². The predicted molar refractivity (Wildman–Crippen MR) is 88.0 cm³/mol. The molecule has 21 heavy (non-hydrogen) atoms. The second kappa shape index (κ2) is 5.43. The Hall–Kier alpha value is -1.38. The summed E-state index contributed by atoms with van der Waals surface area (Å²) in [5.41, 5.74) is 7.75. The van der Waals surface area contributed by atoms with Crippen molar-refractivity contribution < 1.29 is 0 Å². The molecule has 1 saturated carbocycles. The Labute approximate surface area is 126 Å². The maximum atomic E-state index is 6.32. The van der Waals surface area contributed by atoms with Gasteiger partial charge in [0.15, 0.2) is 0 Å². The predicted octanol–water partition coefficient (Wildman–Crippen LogP) is 3.40. The van der Waals surface area contributed by atoms with E-state index in [1.54, 1.807) is 0 Å². The van der Waals surface area contributed by atoms with Gasteiger partial charge in [-0.05, 0) is 47.1 Å². The lowest BCUT2D eigenvalue weighted by Crippen LogP contribution is -2.38. The smallest absolute Gasteiger partial charge is 0.0234 e. The Bertz CT molecular complexity index is 636. The molecule has 1 saturated heterocycles. The van der Waals surface area contributed by atoms with Crippen LogP contribution in [0.5, 0.6) is 0 Å². The Kier molecular flexibility index (Phi) is 3.44. The molecule has 0 aromatic heterocycles. The summed E-state index contributed by atoms with van der Waals surface area (Å²) in [7, 11) is 0. The van der Waals surface area contributed by atoms with E-state index in [0.717, 1.165) is 18.4 Å². The number of nitrogens with zero attached hydrogens (tertiary/aromatic N) is 1. The zero-order valence-corrected chi connectivity index (χ0v) is 12.5. The third-order valence-corrected chi connectivity index (χ3v) is 5.45. The van der Waals surface area contributed by atoms with Crippen LogP contribution in [0.25, 0.3) is 10.8 Å². The van der Waals surface area contributed by atoms with Gasteiger partial charge in [0, 0.05) is 25.7 Å². The summed E-state index contributed by atoms with van der Waals surface area (Å²) in [6, 6.07) is 15.9. The number of rotatable bonds is 2. The fourth-order valence-electron chi connectivity index (χ4n) is 4.33. The van der Waals surface area contributed by atoms with Crippen molar-refractivity contribution in [3.05, 3.63) is 48.0 Å². The van der Waals surface area contributed by atoms with Crippen LogP contribution in [0, 0.1) is 11.8 Å². The van der Waals surface area contributed by atoms with Crippen molar-refractivity contribution in [2.24, 2.45) is 17.6 Å². The first-order chi connectivity index (χ1) is 10.3. The van der Waals surface area contributed by atoms with Gasteiger partial charge >= 0.3 is 0 Å². The summed E-state index contributed by atoms with van der Waals surface area (Å²) in [5, 5.41) is 2.68. The van der Waals surface area contributed by atoms with Gasteiger partial charge in [0.25, 0.3) is 0 Å². The van der Waals surface area contributed by atoms with Crippen LogP contribution >= 0.6 is 0 Å². The van der Waals surface area contributed by atoms with Crippen molar-refractivity contribution in [1.29, 1.82) is 0 Å². The molecule has 1 aliphatic heterocycles. The van der Waals surface area contributed by atoms with Crippen molar-refractivity contribution in [3.8, 4) is 0 Å². The van der Waals surface area contributed by atoms with Crippen LogP contribution in [0.4, 0.5) is 0 Å². The minimum absolute atomic E-state index is 0.436. The molecule has 2 nitrogen and oxygen atoms in total. The molecule has 2 fully saturated rings. The van der Waals surface area contributed by atoms with E-state index in [9.17, 15) is 0 Å². The Balaban J connectivity index is 1.50. The quantitative estimate of drug-likeness (QED) is 0.913. The molecule has 1 heterocycles. The van der Waals surface area contributed by atoms with Gasteiger partial charge in [-0.25, -0.2) is 0 Å². The average molecular weight is 280 g/mol. The Morgan fingerprint density at radius 3 is 2.71 bits per heavy atom. The third kappa shape index (κ3) is 2.58. The molecule has 2 N–H and O–H groups in total. The first kappa shape index (κ1) is 13.3. The van der Waals surface area contributed by atoms with Gasteiger partial charge in [-0.1, -0.05) is 42.8 Å². The van der Waals surface area contributed by atoms with E-state index in [-0.39, 0.29) is 0 Å². The topological polar surface area (TPSA) is 29.3 Å². The highest BCUT2D eigenvalue weighted by atomic mass is 15.2. The first-order valence-corrected chi connectivity index (χ1v) is 8.25. The van der Waals surface area contributed by atoms with E-state index in [1.165, 1.54) is 48.7 Å². The lowest BCUT2D eigenvalue weighted by Gasteiger charge is -2.29. The molecular formula is C19H24N2. The second-order valence-corrected chi connectivity index (χ2v) is 6.89. The molecule has 1 aliphatic carbocycles. The Morgan fingerprint density at radius 2 is 1.86 bits per heavy atom. The largest absolute Gasteiger partial charge is 0.327 e. The maximum Gasteiger partial charge on any atom is 0.0234 e. The van der Waals surface area contributed by atoms with Crippen molar-refractivity contribution in [3.63, 3.8) is 0 Å². The summed E-state index contributed by atoms with van der Waals surface area (Å²) in [4.78, 5) is 2.62. The van der Waals surface area contributed by atoms with Crippen molar-refractivity contribution in [2.45, 2.75) is 31.8 Å². The van der Waals surface area contributed by atoms with Crippen LogP contribution in [0.2, 0.25) is 0 Å². The highest BCUT2D eigenvalue weighted by Gasteiger charge is 2.38. The van der Waals surface area contributed by atoms with Crippen LogP contribution < -0.4 is 5.73 Å². The van der Waals surface area contributed by atoms with Gasteiger partial charge in [0.05, 0.1) is 0 Å². The third-order valence-electron chi connectivity index (χ3n) is 5.45.